The summed E-state index contributed by atoms with van der Waals surface area (Å²) in [6, 6.07) is 16.8. The van der Waals surface area contributed by atoms with Gasteiger partial charge in [-0.2, -0.15) is 0 Å². The van der Waals surface area contributed by atoms with Gasteiger partial charge in [-0.25, -0.2) is 8.42 Å². The van der Waals surface area contributed by atoms with Crippen LogP contribution in [0, 0.1) is 0 Å². The number of halogens is 1. The number of anilines is 1. The molecule has 30 heavy (non-hydrogen) atoms. The number of sulfonamides is 1. The second-order valence-electron chi connectivity index (χ2n) is 6.47. The summed E-state index contributed by atoms with van der Waals surface area (Å²) in [5.41, 5.74) is 1.03. The van der Waals surface area contributed by atoms with E-state index in [0.29, 0.717) is 16.3 Å². The minimum absolute atomic E-state index is 0.0226. The topological polar surface area (TPSA) is 75.3 Å². The van der Waals surface area contributed by atoms with Gasteiger partial charge in [-0.15, -0.1) is 11.3 Å². The van der Waals surface area contributed by atoms with E-state index in [1.165, 1.54) is 18.2 Å². The smallest absolute Gasteiger partial charge is 0.261 e. The van der Waals surface area contributed by atoms with Crippen molar-refractivity contribution in [2.75, 3.05) is 4.72 Å². The highest BCUT2D eigenvalue weighted by Gasteiger charge is 2.15. The molecule has 0 bridgehead atoms. The molecule has 5 nitrogen and oxygen atoms in total. The predicted molar refractivity (Wildman–Crippen MR) is 123 cm³/mol. The molecule has 0 radical (unpaired) electrons. The number of amides is 1. The molecule has 0 saturated carbocycles. The predicted octanol–water partition coefficient (Wildman–Crippen LogP) is 5.48. The SMILES string of the molecule is CCC(NC(=O)/C=C/c1ccc(S(=O)(=O)Nc2ccccc2Cl)cc1)c1cccs1. The first-order valence-electron chi connectivity index (χ1n) is 9.28. The molecule has 0 aliphatic heterocycles. The molecule has 0 fully saturated rings. The molecule has 1 amide bonds. The van der Waals surface area contributed by atoms with E-state index in [-0.39, 0.29) is 16.8 Å². The van der Waals surface area contributed by atoms with Crippen LogP contribution in [0.4, 0.5) is 5.69 Å². The van der Waals surface area contributed by atoms with Crippen LogP contribution in [0.3, 0.4) is 0 Å². The molecular formula is C22H21ClN2O3S2. The Morgan fingerprint density at radius 1 is 1.10 bits per heavy atom. The molecule has 0 aliphatic rings. The zero-order valence-corrected chi connectivity index (χ0v) is 18.6. The van der Waals surface area contributed by atoms with Gasteiger partial charge in [0.2, 0.25) is 5.91 Å². The largest absolute Gasteiger partial charge is 0.345 e. The first-order chi connectivity index (χ1) is 14.4. The number of para-hydroxylation sites is 1. The van der Waals surface area contributed by atoms with Gasteiger partial charge in [0.15, 0.2) is 0 Å². The Labute approximate surface area is 185 Å². The molecule has 156 valence electrons. The standard InChI is InChI=1S/C22H21ClN2O3S2/c1-2-19(21-8-5-15-29-21)24-22(26)14-11-16-9-12-17(13-10-16)30(27,28)25-20-7-4-3-6-18(20)23/h3-15,19,25H,2H2,1H3,(H,24,26)/b14-11+. The van der Waals surface area contributed by atoms with Crippen LogP contribution in [0.1, 0.15) is 29.8 Å². The minimum Gasteiger partial charge on any atom is -0.345 e. The van der Waals surface area contributed by atoms with Crippen LogP contribution in [0.25, 0.3) is 6.08 Å². The minimum atomic E-state index is -3.76. The fraction of sp³-hybridized carbons (Fsp3) is 0.136. The summed E-state index contributed by atoms with van der Waals surface area (Å²) >= 11 is 7.63. The highest BCUT2D eigenvalue weighted by molar-refractivity contribution is 7.92. The van der Waals surface area contributed by atoms with Crippen molar-refractivity contribution in [3.63, 3.8) is 0 Å². The Kier molecular flexibility index (Phi) is 7.31. The van der Waals surface area contributed by atoms with Crippen LogP contribution in [0.15, 0.2) is 77.0 Å². The van der Waals surface area contributed by atoms with E-state index in [2.05, 4.69) is 10.0 Å². The van der Waals surface area contributed by atoms with Gasteiger partial charge in [0.25, 0.3) is 10.0 Å². The Morgan fingerprint density at radius 3 is 2.47 bits per heavy atom. The van der Waals surface area contributed by atoms with Crippen molar-refractivity contribution in [3.05, 3.63) is 87.6 Å². The van der Waals surface area contributed by atoms with Gasteiger partial charge in [0, 0.05) is 11.0 Å². The van der Waals surface area contributed by atoms with E-state index in [4.69, 9.17) is 11.6 Å². The summed E-state index contributed by atoms with van der Waals surface area (Å²) in [5, 5.41) is 5.28. The molecule has 0 saturated heterocycles. The molecule has 1 atom stereocenters. The summed E-state index contributed by atoms with van der Waals surface area (Å²) in [6.07, 6.45) is 3.89. The van der Waals surface area contributed by atoms with Crippen LogP contribution < -0.4 is 10.0 Å². The number of hydrogen-bond donors (Lipinski definition) is 2. The van der Waals surface area contributed by atoms with Crippen molar-refractivity contribution < 1.29 is 13.2 Å². The second kappa shape index (κ2) is 9.93. The average molecular weight is 461 g/mol. The summed E-state index contributed by atoms with van der Waals surface area (Å²) in [5.74, 6) is -0.202. The fourth-order valence-corrected chi connectivity index (χ4v) is 4.94. The van der Waals surface area contributed by atoms with Crippen molar-refractivity contribution in [1.29, 1.82) is 0 Å². The number of carbonyl (C=O) groups excluding carboxylic acids is 1. The molecule has 2 N–H and O–H groups in total. The molecular weight excluding hydrogens is 440 g/mol. The lowest BCUT2D eigenvalue weighted by Gasteiger charge is -2.13. The van der Waals surface area contributed by atoms with Crippen LogP contribution in [-0.2, 0) is 14.8 Å². The number of carbonyl (C=O) groups is 1. The molecule has 3 aromatic rings. The van der Waals surface area contributed by atoms with Crippen molar-refractivity contribution >= 4 is 50.6 Å². The zero-order chi connectivity index (χ0) is 21.6. The molecule has 1 unspecified atom stereocenters. The van der Waals surface area contributed by atoms with E-state index >= 15 is 0 Å². The van der Waals surface area contributed by atoms with Crippen LogP contribution >= 0.6 is 22.9 Å². The summed E-state index contributed by atoms with van der Waals surface area (Å²) < 4.78 is 27.6. The normalized spacial score (nSPS) is 12.6. The van der Waals surface area contributed by atoms with Crippen LogP contribution in [0.5, 0.6) is 0 Å². The van der Waals surface area contributed by atoms with Crippen molar-refractivity contribution in [2.45, 2.75) is 24.3 Å². The number of rotatable bonds is 8. The molecule has 3 rings (SSSR count). The Balaban J connectivity index is 1.65. The van der Waals surface area contributed by atoms with Gasteiger partial charge in [0.1, 0.15) is 0 Å². The van der Waals surface area contributed by atoms with E-state index < -0.39 is 10.0 Å². The summed E-state index contributed by atoms with van der Waals surface area (Å²) in [4.78, 5) is 13.4. The third kappa shape index (κ3) is 5.72. The van der Waals surface area contributed by atoms with Gasteiger partial charge < -0.3 is 5.32 Å². The first-order valence-corrected chi connectivity index (χ1v) is 12.0. The van der Waals surface area contributed by atoms with Crippen molar-refractivity contribution in [1.82, 2.24) is 5.32 Å². The molecule has 0 aliphatic carbocycles. The molecule has 0 spiro atoms. The summed E-state index contributed by atoms with van der Waals surface area (Å²) in [7, 11) is -3.76. The maximum Gasteiger partial charge on any atom is 0.261 e. The fourth-order valence-electron chi connectivity index (χ4n) is 2.76. The Hall–Kier alpha value is -2.61. The Morgan fingerprint density at radius 2 is 1.83 bits per heavy atom. The van der Waals surface area contributed by atoms with E-state index in [0.717, 1.165) is 11.3 Å². The van der Waals surface area contributed by atoms with Gasteiger partial charge >= 0.3 is 0 Å². The van der Waals surface area contributed by atoms with E-state index in [1.54, 1.807) is 53.8 Å². The number of nitrogens with one attached hydrogen (secondary N) is 2. The lowest BCUT2D eigenvalue weighted by Crippen LogP contribution is -2.25. The quantitative estimate of drug-likeness (QED) is 0.437. The van der Waals surface area contributed by atoms with Crippen molar-refractivity contribution in [3.8, 4) is 0 Å². The van der Waals surface area contributed by atoms with Crippen LogP contribution in [0.2, 0.25) is 5.02 Å². The third-order valence-corrected chi connectivity index (χ3v) is 7.04. The van der Waals surface area contributed by atoms with Gasteiger partial charge in [-0.1, -0.05) is 48.9 Å². The number of thiophene rings is 1. The monoisotopic (exact) mass is 460 g/mol. The number of benzene rings is 2. The molecule has 8 heteroatoms. The molecule has 2 aromatic carbocycles. The average Bonchev–Trinajstić information content (AvgIpc) is 3.27. The van der Waals surface area contributed by atoms with Gasteiger partial charge in [-0.05, 0) is 53.8 Å². The number of hydrogen-bond acceptors (Lipinski definition) is 4. The van der Waals surface area contributed by atoms with Crippen LogP contribution in [-0.4, -0.2) is 14.3 Å². The summed E-state index contributed by atoms with van der Waals surface area (Å²) in [6.45, 7) is 2.02. The highest BCUT2D eigenvalue weighted by atomic mass is 35.5. The first kappa shape index (κ1) is 22.1. The lowest BCUT2D eigenvalue weighted by atomic mass is 10.2. The maximum atomic E-state index is 12.5. The van der Waals surface area contributed by atoms with Gasteiger partial charge in [-0.3, -0.25) is 9.52 Å². The Bertz CT molecular complexity index is 1130. The third-order valence-electron chi connectivity index (χ3n) is 4.35. The molecule has 1 aromatic heterocycles. The van der Waals surface area contributed by atoms with Crippen molar-refractivity contribution in [2.24, 2.45) is 0 Å². The second-order valence-corrected chi connectivity index (χ2v) is 9.54. The van der Waals surface area contributed by atoms with E-state index in [9.17, 15) is 13.2 Å². The highest BCUT2D eigenvalue weighted by Crippen LogP contribution is 2.24. The molecule has 1 heterocycles. The lowest BCUT2D eigenvalue weighted by molar-refractivity contribution is -0.117. The van der Waals surface area contributed by atoms with E-state index in [1.807, 2.05) is 24.4 Å². The van der Waals surface area contributed by atoms with Gasteiger partial charge in [0.05, 0.1) is 21.6 Å². The zero-order valence-electron chi connectivity index (χ0n) is 16.2. The maximum absolute atomic E-state index is 12.5.